The molecular formula is C19H17ClF2N8O2. The Hall–Kier alpha value is -4.06. The highest BCUT2D eigenvalue weighted by Crippen LogP contribution is 2.30. The predicted octanol–water partition coefficient (Wildman–Crippen LogP) is 2.98. The summed E-state index contributed by atoms with van der Waals surface area (Å²) in [5, 5.41) is 7.00. The number of rotatable bonds is 4. The van der Waals surface area contributed by atoms with Crippen LogP contribution in [-0.4, -0.2) is 37.9 Å². The van der Waals surface area contributed by atoms with Gasteiger partial charge in [0, 0.05) is 5.56 Å². The number of methoxy groups -OCH3 is 1. The Morgan fingerprint density at radius 2 is 1.88 bits per heavy atom. The van der Waals surface area contributed by atoms with Crippen LogP contribution in [0.2, 0.25) is 0 Å². The minimum Gasteiger partial charge on any atom is -0.453 e. The van der Waals surface area contributed by atoms with Crippen LogP contribution in [-0.2, 0) is 11.3 Å². The third kappa shape index (κ3) is 4.21. The molecule has 166 valence electrons. The summed E-state index contributed by atoms with van der Waals surface area (Å²) in [6.45, 7) is 0.0365. The van der Waals surface area contributed by atoms with Gasteiger partial charge in [-0.1, -0.05) is 18.2 Å². The van der Waals surface area contributed by atoms with Crippen LogP contribution < -0.4 is 16.8 Å². The van der Waals surface area contributed by atoms with Crippen molar-refractivity contribution in [1.82, 2.24) is 24.7 Å². The number of pyridine rings is 1. The number of amides is 1. The van der Waals surface area contributed by atoms with Gasteiger partial charge in [-0.05, 0) is 12.1 Å². The molecule has 5 N–H and O–H groups in total. The first-order valence-corrected chi connectivity index (χ1v) is 8.91. The molecule has 0 bridgehead atoms. The fourth-order valence-electron chi connectivity index (χ4n) is 2.98. The number of carbonyl (C=O) groups excluding carboxylic acids is 1. The van der Waals surface area contributed by atoms with Crippen LogP contribution in [0.25, 0.3) is 22.6 Å². The molecule has 1 amide bonds. The van der Waals surface area contributed by atoms with E-state index in [1.54, 1.807) is 18.2 Å². The Balaban J connectivity index is 0.00000289. The van der Waals surface area contributed by atoms with Crippen LogP contribution >= 0.6 is 12.4 Å². The van der Waals surface area contributed by atoms with Crippen molar-refractivity contribution in [3.05, 3.63) is 53.7 Å². The van der Waals surface area contributed by atoms with Gasteiger partial charge >= 0.3 is 6.09 Å². The van der Waals surface area contributed by atoms with E-state index < -0.39 is 17.7 Å². The number of ether oxygens (including phenoxy) is 1. The van der Waals surface area contributed by atoms with E-state index in [2.05, 4.69) is 30.1 Å². The number of aromatic nitrogens is 5. The molecule has 0 radical (unpaired) electrons. The molecule has 0 aliphatic carbocycles. The molecule has 1 aromatic carbocycles. The highest BCUT2D eigenvalue weighted by molar-refractivity contribution is 5.94. The summed E-state index contributed by atoms with van der Waals surface area (Å²) < 4.78 is 34.0. The van der Waals surface area contributed by atoms with E-state index in [1.165, 1.54) is 23.9 Å². The fourth-order valence-corrected chi connectivity index (χ4v) is 2.98. The minimum absolute atomic E-state index is 0. The maximum atomic E-state index is 14.1. The van der Waals surface area contributed by atoms with Crippen LogP contribution in [0.3, 0.4) is 0 Å². The lowest BCUT2D eigenvalue weighted by Crippen LogP contribution is -2.16. The number of fused-ring (bicyclic) bond motifs is 1. The Labute approximate surface area is 186 Å². The summed E-state index contributed by atoms with van der Waals surface area (Å²) in [4.78, 5) is 23.8. The zero-order chi connectivity index (χ0) is 22.1. The zero-order valence-corrected chi connectivity index (χ0v) is 17.4. The first-order chi connectivity index (χ1) is 14.9. The Kier molecular flexibility index (Phi) is 6.35. The molecule has 0 fully saturated rings. The quantitative estimate of drug-likeness (QED) is 0.419. The number of anilines is 3. The van der Waals surface area contributed by atoms with Crippen molar-refractivity contribution in [1.29, 1.82) is 0 Å². The highest BCUT2D eigenvalue weighted by Gasteiger charge is 2.21. The normalized spacial score (nSPS) is 10.6. The molecule has 0 saturated heterocycles. The maximum absolute atomic E-state index is 14.1. The fraction of sp³-hybridized carbons (Fsp3) is 0.105. The molecule has 0 unspecified atom stereocenters. The van der Waals surface area contributed by atoms with Gasteiger partial charge < -0.3 is 16.2 Å². The van der Waals surface area contributed by atoms with Gasteiger partial charge in [-0.3, -0.25) is 5.32 Å². The Morgan fingerprint density at radius 3 is 2.53 bits per heavy atom. The standard InChI is InChI=1S/C19H16F2N8O2.ClH/c1-31-19(30)25-14-15(22)26-17(27-16(14)23)13-11-6-10(20)7-24-18(11)29(28-13)8-9-4-2-3-5-12(9)21;/h2-7H,8H2,1H3,(H,25,30)(H4,22,23,26,27);1H. The molecule has 0 saturated carbocycles. The van der Waals surface area contributed by atoms with Gasteiger partial charge in [-0.2, -0.15) is 5.10 Å². The van der Waals surface area contributed by atoms with E-state index in [4.69, 9.17) is 11.5 Å². The lowest BCUT2D eigenvalue weighted by atomic mass is 10.2. The first-order valence-electron chi connectivity index (χ1n) is 8.91. The molecule has 3 heterocycles. The molecule has 4 aromatic rings. The van der Waals surface area contributed by atoms with Crippen molar-refractivity contribution in [2.45, 2.75) is 6.54 Å². The molecule has 0 atom stereocenters. The SMILES string of the molecule is COC(=O)Nc1c(N)nc(-c2nn(Cc3ccccc3F)c3ncc(F)cc23)nc1N.Cl. The van der Waals surface area contributed by atoms with Gasteiger partial charge in [0.2, 0.25) is 0 Å². The van der Waals surface area contributed by atoms with Crippen LogP contribution in [0.4, 0.5) is 30.9 Å². The smallest absolute Gasteiger partial charge is 0.411 e. The van der Waals surface area contributed by atoms with E-state index >= 15 is 0 Å². The van der Waals surface area contributed by atoms with Crippen molar-refractivity contribution >= 4 is 46.9 Å². The molecule has 32 heavy (non-hydrogen) atoms. The van der Waals surface area contributed by atoms with Crippen LogP contribution in [0.1, 0.15) is 5.56 Å². The molecule has 13 heteroatoms. The number of nitrogens with two attached hydrogens (primary N) is 2. The summed E-state index contributed by atoms with van der Waals surface area (Å²) >= 11 is 0. The summed E-state index contributed by atoms with van der Waals surface area (Å²) in [7, 11) is 1.17. The van der Waals surface area contributed by atoms with Gasteiger partial charge in [-0.25, -0.2) is 33.2 Å². The van der Waals surface area contributed by atoms with Crippen molar-refractivity contribution in [2.24, 2.45) is 0 Å². The second kappa shape index (κ2) is 8.98. The number of nitrogens with zero attached hydrogens (tertiary/aromatic N) is 5. The second-order valence-electron chi connectivity index (χ2n) is 6.43. The number of nitrogen functional groups attached to an aromatic ring is 2. The number of benzene rings is 1. The molecule has 0 aliphatic rings. The Bertz CT molecular complexity index is 1290. The lowest BCUT2D eigenvalue weighted by Gasteiger charge is -2.10. The predicted molar refractivity (Wildman–Crippen MR) is 116 cm³/mol. The summed E-state index contributed by atoms with van der Waals surface area (Å²) in [6, 6.07) is 7.40. The number of nitrogens with one attached hydrogen (secondary N) is 1. The summed E-state index contributed by atoms with van der Waals surface area (Å²) in [5.41, 5.74) is 12.6. The van der Waals surface area contributed by atoms with E-state index in [0.717, 1.165) is 6.20 Å². The average molecular weight is 463 g/mol. The van der Waals surface area contributed by atoms with Gasteiger partial charge in [0.25, 0.3) is 0 Å². The average Bonchev–Trinajstić information content (AvgIpc) is 3.09. The lowest BCUT2D eigenvalue weighted by molar-refractivity contribution is 0.187. The molecule has 10 nitrogen and oxygen atoms in total. The van der Waals surface area contributed by atoms with E-state index in [-0.39, 0.29) is 58.8 Å². The number of hydrogen-bond acceptors (Lipinski definition) is 8. The maximum Gasteiger partial charge on any atom is 0.411 e. The third-order valence-electron chi connectivity index (χ3n) is 4.42. The second-order valence-corrected chi connectivity index (χ2v) is 6.43. The number of halogens is 3. The minimum atomic E-state index is -0.805. The number of carbonyl (C=O) groups is 1. The van der Waals surface area contributed by atoms with Gasteiger partial charge in [0.15, 0.2) is 23.1 Å². The third-order valence-corrected chi connectivity index (χ3v) is 4.42. The summed E-state index contributed by atoms with van der Waals surface area (Å²) in [6.07, 6.45) is 0.221. The molecule has 0 aliphatic heterocycles. The van der Waals surface area contributed by atoms with Crippen LogP contribution in [0, 0.1) is 11.6 Å². The Morgan fingerprint density at radius 1 is 1.19 bits per heavy atom. The van der Waals surface area contributed by atoms with Crippen LogP contribution in [0.15, 0.2) is 36.5 Å². The topological polar surface area (TPSA) is 147 Å². The number of hydrogen-bond donors (Lipinski definition) is 3. The molecular weight excluding hydrogens is 446 g/mol. The zero-order valence-electron chi connectivity index (χ0n) is 16.5. The van der Waals surface area contributed by atoms with E-state index in [1.807, 2.05) is 0 Å². The largest absolute Gasteiger partial charge is 0.453 e. The van der Waals surface area contributed by atoms with Crippen molar-refractivity contribution in [3.63, 3.8) is 0 Å². The van der Waals surface area contributed by atoms with Gasteiger partial charge in [0.1, 0.15) is 23.0 Å². The molecule has 0 spiro atoms. The van der Waals surface area contributed by atoms with Crippen molar-refractivity contribution in [2.75, 3.05) is 23.9 Å². The van der Waals surface area contributed by atoms with Crippen molar-refractivity contribution < 1.29 is 18.3 Å². The van der Waals surface area contributed by atoms with Gasteiger partial charge in [0.05, 0.1) is 25.2 Å². The van der Waals surface area contributed by atoms with Gasteiger partial charge in [-0.15, -0.1) is 12.4 Å². The van der Waals surface area contributed by atoms with Crippen LogP contribution in [0.5, 0.6) is 0 Å². The monoisotopic (exact) mass is 462 g/mol. The first kappa shape index (κ1) is 22.6. The van der Waals surface area contributed by atoms with Crippen molar-refractivity contribution in [3.8, 4) is 11.5 Å². The van der Waals surface area contributed by atoms with E-state index in [0.29, 0.717) is 5.56 Å². The van der Waals surface area contributed by atoms with E-state index in [9.17, 15) is 13.6 Å². The molecule has 3 aromatic heterocycles. The summed E-state index contributed by atoms with van der Waals surface area (Å²) in [5.74, 6) is -1.33. The molecule has 4 rings (SSSR count). The highest BCUT2D eigenvalue weighted by atomic mass is 35.5.